The summed E-state index contributed by atoms with van der Waals surface area (Å²) in [6, 6.07) is 93.9. The molecule has 0 N–H and O–H groups in total. The Bertz CT molecular complexity index is 4820. The largest absolute Gasteiger partial charge is 0.299 e. The van der Waals surface area contributed by atoms with Gasteiger partial charge < -0.3 is 0 Å². The van der Waals surface area contributed by atoms with Gasteiger partial charge in [0.1, 0.15) is 5.78 Å². The van der Waals surface area contributed by atoms with Gasteiger partial charge in [-0.1, -0.05) is 282 Å². The maximum absolute atomic E-state index is 14.0. The van der Waals surface area contributed by atoms with E-state index in [2.05, 4.69) is 141 Å². The average molecular weight is 1280 g/mol. The second-order valence-electron chi connectivity index (χ2n) is 20.9. The maximum atomic E-state index is 14.0. The molecule has 88 heavy (non-hydrogen) atoms. The zero-order valence-electron chi connectivity index (χ0n) is 46.2. The molecule has 16 rings (SSSR count). The lowest BCUT2D eigenvalue weighted by Gasteiger charge is -2.11. The molecular weight excluding hydrogens is 1220 g/mol. The lowest BCUT2D eigenvalue weighted by Crippen LogP contribution is -2.06. The molecule has 0 atom stereocenters. The van der Waals surface area contributed by atoms with Gasteiger partial charge in [0.25, 0.3) is 9.39 Å². The van der Waals surface area contributed by atoms with Crippen LogP contribution in [-0.4, -0.2) is 32.5 Å². The molecule has 13 aromatic rings. The highest BCUT2D eigenvalue weighted by atomic mass is 79.9. The molecule has 0 amide bonds. The van der Waals surface area contributed by atoms with Gasteiger partial charge in [-0.15, -0.1) is 0 Å². The van der Waals surface area contributed by atoms with Crippen molar-refractivity contribution < 1.29 is 28.8 Å². The van der Waals surface area contributed by atoms with Gasteiger partial charge in [0.15, 0.2) is 5.78 Å². The summed E-state index contributed by atoms with van der Waals surface area (Å²) in [5.41, 5.74) is 11.3. The van der Waals surface area contributed by atoms with E-state index in [0.717, 1.165) is 71.7 Å². The van der Waals surface area contributed by atoms with Crippen LogP contribution in [-0.2, 0) is 32.0 Å². The number of carbonyl (C=O) groups is 6. The first-order chi connectivity index (χ1) is 42.0. The number of benzene rings is 13. The van der Waals surface area contributed by atoms with Crippen molar-refractivity contribution in [1.29, 1.82) is 0 Å². The number of ketones is 4. The SMILES string of the molecule is C.C.O=C(Br)C(=O)Br.O=C(Cc1ccccc1)Cc1ccccc1.O=C1C(=O)c2cc3ccccc3c3cccc1c23.O=C1C(c2ccccc2)=C2C(=C1c1ccccc1)c1cc3ccccc3c3cccc2c13.c1ccc2c(c1)ccc1ccccc12. The number of halogens is 2. The third-order valence-electron chi connectivity index (χ3n) is 15.6. The molecule has 0 radical (unpaired) electrons. The minimum Gasteiger partial charge on any atom is -0.299 e. The summed E-state index contributed by atoms with van der Waals surface area (Å²) in [6.45, 7) is 0. The van der Waals surface area contributed by atoms with Crippen molar-refractivity contribution in [2.24, 2.45) is 0 Å². The van der Waals surface area contributed by atoms with Crippen molar-refractivity contribution >= 4 is 151 Å². The number of fused-ring (bicyclic) bond motifs is 10. The summed E-state index contributed by atoms with van der Waals surface area (Å²) in [5.74, 6) is -0.390. The van der Waals surface area contributed by atoms with Crippen LogP contribution >= 0.6 is 31.9 Å². The smallest absolute Gasteiger partial charge is 0.275 e. The lowest BCUT2D eigenvalue weighted by atomic mass is 9.91. The molecule has 0 aliphatic heterocycles. The second kappa shape index (κ2) is 27.1. The van der Waals surface area contributed by atoms with Crippen LogP contribution in [0.25, 0.3) is 86.9 Å². The minimum atomic E-state index is -0.650. The molecule has 0 unspecified atom stereocenters. The Hall–Kier alpha value is -10.1. The second-order valence-corrected chi connectivity index (χ2v) is 22.3. The number of allylic oxidation sites excluding steroid dienone is 4. The average Bonchev–Trinajstić information content (AvgIpc) is 1.62. The van der Waals surface area contributed by atoms with Gasteiger partial charge in [-0.25, -0.2) is 0 Å². The quantitative estimate of drug-likeness (QED) is 0.0895. The lowest BCUT2D eigenvalue weighted by molar-refractivity contribution is -0.125. The molecule has 6 nitrogen and oxygen atoms in total. The molecule has 0 spiro atoms. The van der Waals surface area contributed by atoms with Crippen LogP contribution in [0.5, 0.6) is 0 Å². The van der Waals surface area contributed by atoms with Crippen molar-refractivity contribution in [3.8, 4) is 0 Å². The van der Waals surface area contributed by atoms with E-state index in [1.807, 2.05) is 164 Å². The monoisotopic (exact) mass is 1270 g/mol. The Balaban J connectivity index is 0.000000132. The number of carbonyl (C=O) groups excluding carboxylic acids is 6. The molecule has 0 heterocycles. The summed E-state index contributed by atoms with van der Waals surface area (Å²) in [6.07, 6.45) is 1.05. The highest BCUT2D eigenvalue weighted by Crippen LogP contribution is 2.57. The van der Waals surface area contributed by atoms with E-state index in [1.165, 1.54) is 48.7 Å². The number of Topliss-reactive ketones (excluding diaryl/α,β-unsaturated/α-hetero) is 4. The number of rotatable bonds is 7. The number of hydrogen-bond donors (Lipinski definition) is 0. The fourth-order valence-electron chi connectivity index (χ4n) is 11.9. The van der Waals surface area contributed by atoms with E-state index in [-0.39, 0.29) is 38.0 Å². The Morgan fingerprint density at radius 2 is 0.591 bits per heavy atom. The predicted octanol–water partition coefficient (Wildman–Crippen LogP) is 19.9. The molecule has 0 saturated heterocycles. The van der Waals surface area contributed by atoms with Crippen LogP contribution in [0.3, 0.4) is 0 Å². The van der Waals surface area contributed by atoms with Gasteiger partial charge in [0, 0.05) is 83.5 Å². The van der Waals surface area contributed by atoms with Gasteiger partial charge in [0.05, 0.1) is 0 Å². The molecule has 3 aliphatic rings. The zero-order chi connectivity index (χ0) is 59.3. The Kier molecular flexibility index (Phi) is 18.8. The van der Waals surface area contributed by atoms with Gasteiger partial charge in [0.2, 0.25) is 11.6 Å². The van der Waals surface area contributed by atoms with Gasteiger partial charge in [-0.3, -0.25) is 28.8 Å². The summed E-state index contributed by atoms with van der Waals surface area (Å²) in [4.78, 5) is 69.0. The molecule has 13 aromatic carbocycles. The molecule has 8 heteroatoms. The van der Waals surface area contributed by atoms with E-state index >= 15 is 0 Å². The van der Waals surface area contributed by atoms with Crippen molar-refractivity contribution in [2.45, 2.75) is 27.7 Å². The van der Waals surface area contributed by atoms with E-state index in [9.17, 15) is 28.8 Å². The van der Waals surface area contributed by atoms with E-state index in [0.29, 0.717) is 24.0 Å². The standard InChI is InChI=1S/C31H18O.C16H8O2.C15H14O.C14H10.C2Br2O2.2CH4/c32-31-26(19-10-3-1-4-11-19)29-24-17-9-16-23-22-15-8-7-14-21(22)18-25(28(23)24)30(29)27(31)20-12-5-2-6-13-20;17-15-12-7-3-6-11-10-5-2-1-4-9(10)8-13(14(11)12)16(15)18;16-15(11-13-7-3-1-4-8-13)12-14-9-5-2-6-10-14;1-3-7-13-11(5-1)9-10-12-6-2-4-8-14(12)13;3-1(5)2(4)6;;/h1-18H;1-8H;1-10H,11-12H2;1-10H;;2*1H4. The maximum Gasteiger partial charge on any atom is 0.275 e. The van der Waals surface area contributed by atoms with Crippen molar-refractivity contribution in [1.82, 2.24) is 0 Å². The molecule has 0 fully saturated rings. The third kappa shape index (κ3) is 12.2. The Labute approximate surface area is 527 Å². The summed E-state index contributed by atoms with van der Waals surface area (Å²) in [5, 5.41) is 14.1. The van der Waals surface area contributed by atoms with Crippen LogP contribution in [0.2, 0.25) is 0 Å². The molecule has 0 saturated carbocycles. The van der Waals surface area contributed by atoms with Gasteiger partial charge in [-0.05, 0) is 105 Å². The molecule has 428 valence electrons. The van der Waals surface area contributed by atoms with Crippen LogP contribution in [0.1, 0.15) is 68.9 Å². The van der Waals surface area contributed by atoms with Gasteiger partial charge in [-0.2, -0.15) is 0 Å². The first-order valence-electron chi connectivity index (χ1n) is 28.0. The molecule has 0 bridgehead atoms. The fraction of sp³-hybridized carbons (Fsp3) is 0.0500. The van der Waals surface area contributed by atoms with Crippen LogP contribution in [0.15, 0.2) is 279 Å². The molecule has 0 aromatic heterocycles. The summed E-state index contributed by atoms with van der Waals surface area (Å²) < 4.78 is -1.30. The minimum absolute atomic E-state index is 0. The first kappa shape index (κ1) is 61.0. The fourth-order valence-corrected chi connectivity index (χ4v) is 11.9. The van der Waals surface area contributed by atoms with Crippen LogP contribution < -0.4 is 0 Å². The first-order valence-corrected chi connectivity index (χ1v) is 29.6. The van der Waals surface area contributed by atoms with Crippen molar-refractivity contribution in [3.63, 3.8) is 0 Å². The number of hydrogen-bond acceptors (Lipinski definition) is 6. The predicted molar refractivity (Wildman–Crippen MR) is 371 cm³/mol. The summed E-state index contributed by atoms with van der Waals surface area (Å²) >= 11 is 4.81. The topological polar surface area (TPSA) is 102 Å². The van der Waals surface area contributed by atoms with E-state index in [1.54, 1.807) is 6.07 Å². The van der Waals surface area contributed by atoms with Gasteiger partial charge >= 0.3 is 0 Å². The Morgan fingerprint density at radius 1 is 0.273 bits per heavy atom. The molecule has 3 aliphatic carbocycles. The van der Waals surface area contributed by atoms with E-state index < -0.39 is 9.39 Å². The van der Waals surface area contributed by atoms with Crippen LogP contribution in [0, 0.1) is 0 Å². The molecular formula is C80H58Br2O6. The Morgan fingerprint density at radius 3 is 1.02 bits per heavy atom. The third-order valence-corrected chi connectivity index (χ3v) is 16.9. The zero-order valence-corrected chi connectivity index (χ0v) is 49.3. The highest BCUT2D eigenvalue weighted by Gasteiger charge is 2.40. The highest BCUT2D eigenvalue weighted by molar-refractivity contribution is 9.24. The van der Waals surface area contributed by atoms with Crippen molar-refractivity contribution in [2.75, 3.05) is 0 Å². The normalized spacial score (nSPS) is 12.2. The van der Waals surface area contributed by atoms with Crippen LogP contribution in [0.4, 0.5) is 0 Å². The van der Waals surface area contributed by atoms with E-state index in [4.69, 9.17) is 0 Å². The van der Waals surface area contributed by atoms with Crippen molar-refractivity contribution in [3.05, 3.63) is 324 Å². The summed E-state index contributed by atoms with van der Waals surface area (Å²) in [7, 11) is 0.